The predicted molar refractivity (Wildman–Crippen MR) is 100 cm³/mol. The summed E-state index contributed by atoms with van der Waals surface area (Å²) in [6.45, 7) is 3.72. The maximum atomic E-state index is 12.4. The van der Waals surface area contributed by atoms with Crippen molar-refractivity contribution in [2.24, 2.45) is 0 Å². The van der Waals surface area contributed by atoms with Crippen molar-refractivity contribution >= 4 is 33.4 Å². The van der Waals surface area contributed by atoms with E-state index in [0.717, 1.165) is 15.6 Å². The van der Waals surface area contributed by atoms with Crippen LogP contribution in [0, 0.1) is 6.92 Å². The summed E-state index contributed by atoms with van der Waals surface area (Å²) in [5, 5.41) is 1.06. The fourth-order valence-corrected chi connectivity index (χ4v) is 3.38. The van der Waals surface area contributed by atoms with E-state index in [-0.39, 0.29) is 24.1 Å². The number of ether oxygens (including phenoxy) is 3. The van der Waals surface area contributed by atoms with Crippen LogP contribution in [0.1, 0.15) is 22.8 Å². The molecular weight excluding hydrogens is 352 g/mol. The third kappa shape index (κ3) is 4.03. The van der Waals surface area contributed by atoms with Crippen LogP contribution in [-0.2, 0) is 4.74 Å². The normalized spacial score (nSPS) is 10.5. The van der Waals surface area contributed by atoms with Gasteiger partial charge < -0.3 is 14.2 Å². The van der Waals surface area contributed by atoms with Crippen molar-refractivity contribution in [2.45, 2.75) is 13.8 Å². The molecular formula is C20H18O5S. The number of aryl methyl sites for hydroxylation is 1. The van der Waals surface area contributed by atoms with Gasteiger partial charge in [0.15, 0.2) is 18.1 Å². The number of carbonyl (C=O) groups is 2. The fraction of sp³-hybridized carbons (Fsp3) is 0.200. The first-order chi connectivity index (χ1) is 12.6. The molecule has 0 amide bonds. The summed E-state index contributed by atoms with van der Waals surface area (Å²) < 4.78 is 16.7. The lowest BCUT2D eigenvalue weighted by Gasteiger charge is -2.08. The standard InChI is InChI=1S/C20H18O5S/c1-3-23-20(22)25-19-18(15-6-4-5-7-17(15)26-19)24-12-16(21)14-10-8-13(2)9-11-14/h4-11H,3,12H2,1-2H3. The molecule has 2 aromatic carbocycles. The minimum Gasteiger partial charge on any atom is -0.480 e. The highest BCUT2D eigenvalue weighted by Crippen LogP contribution is 2.44. The van der Waals surface area contributed by atoms with Crippen LogP contribution in [0.25, 0.3) is 10.1 Å². The lowest BCUT2D eigenvalue weighted by Crippen LogP contribution is -2.13. The number of hydrogen-bond donors (Lipinski definition) is 0. The Bertz CT molecular complexity index is 927. The summed E-state index contributed by atoms with van der Waals surface area (Å²) in [7, 11) is 0. The van der Waals surface area contributed by atoms with Gasteiger partial charge in [0.05, 0.1) is 6.61 Å². The van der Waals surface area contributed by atoms with Crippen LogP contribution in [0.2, 0.25) is 0 Å². The molecule has 26 heavy (non-hydrogen) atoms. The lowest BCUT2D eigenvalue weighted by atomic mass is 10.1. The van der Waals surface area contributed by atoms with E-state index in [1.807, 2.05) is 43.3 Å². The van der Waals surface area contributed by atoms with Crippen molar-refractivity contribution in [3.8, 4) is 10.8 Å². The molecule has 5 nitrogen and oxygen atoms in total. The molecule has 1 heterocycles. The van der Waals surface area contributed by atoms with Crippen molar-refractivity contribution in [3.05, 3.63) is 59.7 Å². The summed E-state index contributed by atoms with van der Waals surface area (Å²) in [4.78, 5) is 24.0. The van der Waals surface area contributed by atoms with Crippen molar-refractivity contribution in [3.63, 3.8) is 0 Å². The summed E-state index contributed by atoms with van der Waals surface area (Å²) >= 11 is 1.27. The van der Waals surface area contributed by atoms with Crippen LogP contribution in [0.3, 0.4) is 0 Å². The Morgan fingerprint density at radius 1 is 1.04 bits per heavy atom. The summed E-state index contributed by atoms with van der Waals surface area (Å²) in [6.07, 6.45) is -0.797. The maximum absolute atomic E-state index is 12.4. The second-order valence-electron chi connectivity index (χ2n) is 5.58. The van der Waals surface area contributed by atoms with Crippen molar-refractivity contribution < 1.29 is 23.8 Å². The van der Waals surface area contributed by atoms with Gasteiger partial charge in [0.1, 0.15) is 0 Å². The van der Waals surface area contributed by atoms with Gasteiger partial charge in [-0.2, -0.15) is 0 Å². The number of thiophene rings is 1. The molecule has 0 aliphatic rings. The predicted octanol–water partition coefficient (Wildman–Crippen LogP) is 5.01. The average Bonchev–Trinajstić information content (AvgIpc) is 2.97. The molecule has 1 aromatic heterocycles. The quantitative estimate of drug-likeness (QED) is 0.451. The van der Waals surface area contributed by atoms with Crippen LogP contribution in [0.5, 0.6) is 10.8 Å². The molecule has 3 aromatic rings. The first-order valence-corrected chi connectivity index (χ1v) is 8.99. The Balaban J connectivity index is 1.82. The molecule has 0 unspecified atom stereocenters. The first-order valence-electron chi connectivity index (χ1n) is 8.17. The van der Waals surface area contributed by atoms with Gasteiger partial charge in [-0.15, -0.1) is 0 Å². The van der Waals surface area contributed by atoms with Gasteiger partial charge in [0, 0.05) is 15.6 Å². The molecule has 0 atom stereocenters. The highest BCUT2D eigenvalue weighted by molar-refractivity contribution is 7.21. The van der Waals surface area contributed by atoms with Gasteiger partial charge in [0.2, 0.25) is 5.06 Å². The topological polar surface area (TPSA) is 61.8 Å². The second-order valence-corrected chi connectivity index (χ2v) is 6.59. The third-order valence-electron chi connectivity index (χ3n) is 3.68. The molecule has 0 bridgehead atoms. The van der Waals surface area contributed by atoms with E-state index in [0.29, 0.717) is 11.3 Å². The smallest absolute Gasteiger partial charge is 0.480 e. The number of fused-ring (bicyclic) bond motifs is 1. The van der Waals surface area contributed by atoms with Gasteiger partial charge in [-0.3, -0.25) is 4.79 Å². The molecule has 6 heteroatoms. The van der Waals surface area contributed by atoms with Crippen LogP contribution in [-0.4, -0.2) is 25.2 Å². The van der Waals surface area contributed by atoms with E-state index in [2.05, 4.69) is 0 Å². The minimum absolute atomic E-state index is 0.150. The maximum Gasteiger partial charge on any atom is 0.514 e. The lowest BCUT2D eigenvalue weighted by molar-refractivity contribution is 0.0916. The second kappa shape index (κ2) is 8.01. The van der Waals surface area contributed by atoms with Crippen LogP contribution in [0.15, 0.2) is 48.5 Å². The zero-order valence-electron chi connectivity index (χ0n) is 14.5. The zero-order chi connectivity index (χ0) is 18.5. The number of benzene rings is 2. The molecule has 0 fully saturated rings. The number of carbonyl (C=O) groups excluding carboxylic acids is 2. The zero-order valence-corrected chi connectivity index (χ0v) is 15.3. The summed E-state index contributed by atoms with van der Waals surface area (Å²) in [6, 6.07) is 14.8. The van der Waals surface area contributed by atoms with Gasteiger partial charge in [-0.05, 0) is 26.0 Å². The molecule has 0 radical (unpaired) electrons. The van der Waals surface area contributed by atoms with E-state index in [9.17, 15) is 9.59 Å². The molecule has 3 rings (SSSR count). The number of hydrogen-bond acceptors (Lipinski definition) is 6. The first kappa shape index (κ1) is 17.9. The van der Waals surface area contributed by atoms with Crippen molar-refractivity contribution in [1.29, 1.82) is 0 Å². The van der Waals surface area contributed by atoms with E-state index in [1.54, 1.807) is 19.1 Å². The third-order valence-corrected chi connectivity index (χ3v) is 4.71. The molecule has 134 valence electrons. The van der Waals surface area contributed by atoms with E-state index in [1.165, 1.54) is 11.3 Å². The van der Waals surface area contributed by atoms with Crippen LogP contribution >= 0.6 is 11.3 Å². The Hall–Kier alpha value is -2.86. The van der Waals surface area contributed by atoms with Gasteiger partial charge in [-0.25, -0.2) is 4.79 Å². The largest absolute Gasteiger partial charge is 0.514 e. The van der Waals surface area contributed by atoms with E-state index >= 15 is 0 Å². The van der Waals surface area contributed by atoms with Crippen molar-refractivity contribution in [2.75, 3.05) is 13.2 Å². The summed E-state index contributed by atoms with van der Waals surface area (Å²) in [5.74, 6) is 0.224. The van der Waals surface area contributed by atoms with Gasteiger partial charge in [-0.1, -0.05) is 53.3 Å². The fourth-order valence-electron chi connectivity index (χ4n) is 2.39. The highest BCUT2D eigenvalue weighted by Gasteiger charge is 2.19. The number of rotatable bonds is 6. The molecule has 0 N–H and O–H groups in total. The van der Waals surface area contributed by atoms with Crippen molar-refractivity contribution in [1.82, 2.24) is 0 Å². The Labute approximate surface area is 155 Å². The monoisotopic (exact) mass is 370 g/mol. The minimum atomic E-state index is -0.797. The highest BCUT2D eigenvalue weighted by atomic mass is 32.1. The Morgan fingerprint density at radius 3 is 2.50 bits per heavy atom. The van der Waals surface area contributed by atoms with E-state index in [4.69, 9.17) is 14.2 Å². The van der Waals surface area contributed by atoms with Crippen LogP contribution in [0.4, 0.5) is 4.79 Å². The Kier molecular flexibility index (Phi) is 5.53. The summed E-state index contributed by atoms with van der Waals surface area (Å²) in [5.41, 5.74) is 1.65. The van der Waals surface area contributed by atoms with Crippen LogP contribution < -0.4 is 9.47 Å². The number of ketones is 1. The van der Waals surface area contributed by atoms with E-state index < -0.39 is 6.16 Å². The molecule has 0 aliphatic heterocycles. The molecule has 0 saturated carbocycles. The molecule has 0 saturated heterocycles. The average molecular weight is 370 g/mol. The molecule has 0 aliphatic carbocycles. The Morgan fingerprint density at radius 2 is 1.77 bits per heavy atom. The SMILES string of the molecule is CCOC(=O)Oc1sc2ccccc2c1OCC(=O)c1ccc(C)cc1. The van der Waals surface area contributed by atoms with Gasteiger partial charge >= 0.3 is 6.16 Å². The number of Topliss-reactive ketones (excluding diaryl/α,β-unsaturated/α-hetero) is 1. The molecule has 0 spiro atoms. The van der Waals surface area contributed by atoms with Gasteiger partial charge in [0.25, 0.3) is 0 Å².